The standard InChI is InChI=1S/C26H35FN4O2/c1-26(2)12-11-18-20(13-15-3-4-15)30-31(22(18)14-26)21-10-9-19(25(28)33)24(23(21)27)29-16-5-7-17(32)8-6-16/h9-10,15-17,29,32H,3-8,11-14H2,1-2H3,(H2,28,33). The molecule has 5 rings (SSSR count). The van der Waals surface area contributed by atoms with Crippen LogP contribution in [0.3, 0.4) is 0 Å². The summed E-state index contributed by atoms with van der Waals surface area (Å²) in [4.78, 5) is 12.1. The summed E-state index contributed by atoms with van der Waals surface area (Å²) in [5.74, 6) is -0.436. The summed E-state index contributed by atoms with van der Waals surface area (Å²) >= 11 is 0. The number of hydrogen-bond acceptors (Lipinski definition) is 4. The number of benzene rings is 1. The number of amides is 1. The molecule has 2 saturated carbocycles. The Hall–Kier alpha value is -2.41. The predicted molar refractivity (Wildman–Crippen MR) is 126 cm³/mol. The van der Waals surface area contributed by atoms with E-state index in [-0.39, 0.29) is 28.8 Å². The number of nitrogens with one attached hydrogen (secondary N) is 1. The van der Waals surface area contributed by atoms with Crippen molar-refractivity contribution in [2.45, 2.75) is 90.2 Å². The molecule has 0 spiro atoms. The molecule has 3 aliphatic carbocycles. The first-order chi connectivity index (χ1) is 15.7. The van der Waals surface area contributed by atoms with E-state index >= 15 is 4.39 Å². The zero-order valence-corrected chi connectivity index (χ0v) is 19.7. The van der Waals surface area contributed by atoms with E-state index in [4.69, 9.17) is 10.8 Å². The van der Waals surface area contributed by atoms with E-state index in [1.165, 1.54) is 18.4 Å². The molecule has 1 amide bonds. The number of aromatic nitrogens is 2. The molecule has 0 saturated heterocycles. The van der Waals surface area contributed by atoms with Gasteiger partial charge in [0.1, 0.15) is 5.69 Å². The van der Waals surface area contributed by atoms with Crippen LogP contribution >= 0.6 is 0 Å². The molecule has 33 heavy (non-hydrogen) atoms. The molecule has 1 heterocycles. The fraction of sp³-hybridized carbons (Fsp3) is 0.615. The van der Waals surface area contributed by atoms with Crippen LogP contribution in [0.2, 0.25) is 0 Å². The summed E-state index contributed by atoms with van der Waals surface area (Å²) in [6, 6.07) is 3.25. The molecule has 0 atom stereocenters. The summed E-state index contributed by atoms with van der Waals surface area (Å²) in [5.41, 5.74) is 9.91. The number of halogens is 1. The molecule has 1 aromatic heterocycles. The maximum atomic E-state index is 16.1. The molecule has 0 aliphatic heterocycles. The monoisotopic (exact) mass is 454 g/mol. The van der Waals surface area contributed by atoms with E-state index in [1.807, 2.05) is 0 Å². The van der Waals surface area contributed by atoms with Gasteiger partial charge in [-0.05, 0) is 93.2 Å². The molecule has 6 nitrogen and oxygen atoms in total. The first-order valence-corrected chi connectivity index (χ1v) is 12.4. The SMILES string of the molecule is CC1(C)CCc2c(CC3CC3)nn(-c3ccc(C(N)=O)c(NC4CCC(O)CC4)c3F)c2C1. The second kappa shape index (κ2) is 8.42. The van der Waals surface area contributed by atoms with Crippen molar-refractivity contribution in [2.24, 2.45) is 17.1 Å². The molecule has 2 fully saturated rings. The molecule has 4 N–H and O–H groups in total. The van der Waals surface area contributed by atoms with E-state index in [9.17, 15) is 9.90 Å². The molecule has 1 aromatic carbocycles. The largest absolute Gasteiger partial charge is 0.393 e. The van der Waals surface area contributed by atoms with Gasteiger partial charge >= 0.3 is 0 Å². The topological polar surface area (TPSA) is 93.2 Å². The number of hydrogen-bond donors (Lipinski definition) is 3. The molecular formula is C26H35FN4O2. The second-order valence-electron chi connectivity index (χ2n) is 11.1. The first kappa shape index (κ1) is 22.4. The summed E-state index contributed by atoms with van der Waals surface area (Å²) in [6.07, 6.45) is 8.85. The maximum Gasteiger partial charge on any atom is 0.250 e. The van der Waals surface area contributed by atoms with E-state index < -0.39 is 11.7 Å². The van der Waals surface area contributed by atoms with Crippen LogP contribution in [0.5, 0.6) is 0 Å². The van der Waals surface area contributed by atoms with Crippen molar-refractivity contribution in [2.75, 3.05) is 5.32 Å². The minimum Gasteiger partial charge on any atom is -0.393 e. The predicted octanol–water partition coefficient (Wildman–Crippen LogP) is 4.29. The summed E-state index contributed by atoms with van der Waals surface area (Å²) in [6.45, 7) is 4.51. The minimum absolute atomic E-state index is 0.00727. The van der Waals surface area contributed by atoms with E-state index in [0.717, 1.165) is 49.9 Å². The number of fused-ring (bicyclic) bond motifs is 1. The van der Waals surface area contributed by atoms with Gasteiger partial charge < -0.3 is 16.2 Å². The van der Waals surface area contributed by atoms with Gasteiger partial charge in [-0.3, -0.25) is 4.79 Å². The lowest BCUT2D eigenvalue weighted by atomic mass is 9.76. The van der Waals surface area contributed by atoms with Gasteiger partial charge in [-0.25, -0.2) is 9.07 Å². The Morgan fingerprint density at radius 2 is 1.97 bits per heavy atom. The highest BCUT2D eigenvalue weighted by atomic mass is 19.1. The quantitative estimate of drug-likeness (QED) is 0.607. The van der Waals surface area contributed by atoms with Crippen molar-refractivity contribution in [3.63, 3.8) is 0 Å². The number of carbonyl (C=O) groups excluding carboxylic acids is 1. The van der Waals surface area contributed by atoms with Gasteiger partial charge in [0.15, 0.2) is 5.82 Å². The van der Waals surface area contributed by atoms with Gasteiger partial charge in [0.05, 0.1) is 23.0 Å². The van der Waals surface area contributed by atoms with Crippen molar-refractivity contribution in [3.05, 3.63) is 40.5 Å². The second-order valence-corrected chi connectivity index (χ2v) is 11.1. The van der Waals surface area contributed by atoms with Crippen LogP contribution in [0.4, 0.5) is 10.1 Å². The average molecular weight is 455 g/mol. The molecule has 0 bridgehead atoms. The van der Waals surface area contributed by atoms with E-state index in [2.05, 4.69) is 19.2 Å². The van der Waals surface area contributed by atoms with Gasteiger partial charge in [0.2, 0.25) is 0 Å². The highest BCUT2D eigenvalue weighted by Gasteiger charge is 2.34. The van der Waals surface area contributed by atoms with E-state index in [1.54, 1.807) is 16.8 Å². The van der Waals surface area contributed by atoms with Crippen LogP contribution in [-0.2, 0) is 19.3 Å². The third-order valence-corrected chi connectivity index (χ3v) is 7.71. The molecule has 0 radical (unpaired) electrons. The average Bonchev–Trinajstić information content (AvgIpc) is 3.51. The third-order valence-electron chi connectivity index (χ3n) is 7.71. The number of nitrogens with zero attached hydrogens (tertiary/aromatic N) is 2. The normalized spacial score (nSPS) is 24.4. The smallest absolute Gasteiger partial charge is 0.250 e. The number of rotatable bonds is 6. The molecule has 178 valence electrons. The Morgan fingerprint density at radius 3 is 2.64 bits per heavy atom. The molecule has 3 aliphatic rings. The van der Waals surface area contributed by atoms with Gasteiger partial charge in [0, 0.05) is 11.7 Å². The molecule has 0 unspecified atom stereocenters. The van der Waals surface area contributed by atoms with Crippen LogP contribution in [0.15, 0.2) is 12.1 Å². The Labute approximate surface area is 194 Å². The van der Waals surface area contributed by atoms with Gasteiger partial charge in [-0.2, -0.15) is 5.10 Å². The molecule has 2 aromatic rings. The molecule has 7 heteroatoms. The van der Waals surface area contributed by atoms with Crippen LogP contribution in [0.1, 0.15) is 86.1 Å². The van der Waals surface area contributed by atoms with Crippen LogP contribution in [0.25, 0.3) is 5.69 Å². The van der Waals surface area contributed by atoms with Crippen LogP contribution in [-0.4, -0.2) is 32.9 Å². The highest BCUT2D eigenvalue weighted by molar-refractivity contribution is 5.99. The van der Waals surface area contributed by atoms with Crippen molar-refractivity contribution in [1.82, 2.24) is 9.78 Å². The lowest BCUT2D eigenvalue weighted by Crippen LogP contribution is -2.30. The summed E-state index contributed by atoms with van der Waals surface area (Å²) in [7, 11) is 0. The zero-order chi connectivity index (χ0) is 23.3. The number of nitrogens with two attached hydrogens (primary N) is 1. The number of aliphatic hydroxyl groups excluding tert-OH is 1. The van der Waals surface area contributed by atoms with Crippen molar-refractivity contribution >= 4 is 11.6 Å². The molecular weight excluding hydrogens is 419 g/mol. The summed E-state index contributed by atoms with van der Waals surface area (Å²) in [5, 5.41) is 18.0. The number of primary amides is 1. The Kier molecular flexibility index (Phi) is 5.71. The van der Waals surface area contributed by atoms with Gasteiger partial charge in [-0.15, -0.1) is 0 Å². The lowest BCUT2D eigenvalue weighted by molar-refractivity contribution is 0.1000. The fourth-order valence-electron chi connectivity index (χ4n) is 5.47. The number of carbonyl (C=O) groups is 1. The Morgan fingerprint density at radius 1 is 1.24 bits per heavy atom. The lowest BCUT2D eigenvalue weighted by Gasteiger charge is -2.30. The van der Waals surface area contributed by atoms with Gasteiger partial charge in [-0.1, -0.05) is 13.8 Å². The van der Waals surface area contributed by atoms with Crippen LogP contribution in [0, 0.1) is 17.2 Å². The zero-order valence-electron chi connectivity index (χ0n) is 19.7. The van der Waals surface area contributed by atoms with Crippen molar-refractivity contribution < 1.29 is 14.3 Å². The number of anilines is 1. The minimum atomic E-state index is -0.656. The first-order valence-electron chi connectivity index (χ1n) is 12.4. The van der Waals surface area contributed by atoms with E-state index in [0.29, 0.717) is 24.4 Å². The van der Waals surface area contributed by atoms with Crippen molar-refractivity contribution in [3.8, 4) is 5.69 Å². The van der Waals surface area contributed by atoms with Crippen LogP contribution < -0.4 is 11.1 Å². The fourth-order valence-corrected chi connectivity index (χ4v) is 5.47. The van der Waals surface area contributed by atoms with Crippen molar-refractivity contribution in [1.29, 1.82) is 0 Å². The number of aliphatic hydroxyl groups is 1. The maximum absolute atomic E-state index is 16.1. The highest BCUT2D eigenvalue weighted by Crippen LogP contribution is 2.41. The Bertz CT molecular complexity index is 1060. The third kappa shape index (κ3) is 4.52. The van der Waals surface area contributed by atoms with Gasteiger partial charge in [0.25, 0.3) is 5.91 Å². The Balaban J connectivity index is 1.56. The summed E-state index contributed by atoms with van der Waals surface area (Å²) < 4.78 is 17.9.